The molecule has 0 bridgehead atoms. The highest BCUT2D eigenvalue weighted by Crippen LogP contribution is 2.23. The van der Waals surface area contributed by atoms with Gasteiger partial charge in [0.15, 0.2) is 0 Å². The Bertz CT molecular complexity index is 904. The van der Waals surface area contributed by atoms with Gasteiger partial charge < -0.3 is 14.7 Å². The molecule has 1 unspecified atom stereocenters. The standard InChI is InChI=1S/C24H29ClFN3O2/c1-27(2)14-15-29(16-19-6-3-4-8-22(19)26)24(31)20-7-5-13-28(17-20)23(30)18-9-11-21(25)12-10-18/h3-4,6,8-12,20H,5,7,13-17H2,1-2H3. The Morgan fingerprint density at radius 2 is 1.81 bits per heavy atom. The summed E-state index contributed by atoms with van der Waals surface area (Å²) in [5, 5.41) is 0.577. The number of hydrogen-bond acceptors (Lipinski definition) is 3. The van der Waals surface area contributed by atoms with E-state index in [1.807, 2.05) is 19.0 Å². The van der Waals surface area contributed by atoms with Crippen molar-refractivity contribution in [2.75, 3.05) is 40.3 Å². The van der Waals surface area contributed by atoms with Crippen LogP contribution in [0.4, 0.5) is 4.39 Å². The number of benzene rings is 2. The molecule has 0 saturated carbocycles. The van der Waals surface area contributed by atoms with Crippen molar-refractivity contribution in [3.05, 3.63) is 70.5 Å². The van der Waals surface area contributed by atoms with Crippen LogP contribution in [0.15, 0.2) is 48.5 Å². The van der Waals surface area contributed by atoms with E-state index in [2.05, 4.69) is 0 Å². The van der Waals surface area contributed by atoms with Crippen molar-refractivity contribution in [3.8, 4) is 0 Å². The lowest BCUT2D eigenvalue weighted by atomic mass is 9.95. The number of carbonyl (C=O) groups excluding carboxylic acids is 2. The smallest absolute Gasteiger partial charge is 0.253 e. The van der Waals surface area contributed by atoms with Crippen LogP contribution in [0.1, 0.15) is 28.8 Å². The fourth-order valence-corrected chi connectivity index (χ4v) is 3.94. The molecule has 0 N–H and O–H groups in total. The molecule has 1 fully saturated rings. The highest BCUT2D eigenvalue weighted by Gasteiger charge is 2.32. The molecule has 1 aliphatic heterocycles. The summed E-state index contributed by atoms with van der Waals surface area (Å²) in [4.78, 5) is 31.8. The number of likely N-dealkylation sites (tertiary alicyclic amines) is 1. The van der Waals surface area contributed by atoms with Crippen LogP contribution in [-0.4, -0.2) is 66.8 Å². The zero-order valence-corrected chi connectivity index (χ0v) is 18.8. The third-order valence-corrected chi connectivity index (χ3v) is 5.85. The largest absolute Gasteiger partial charge is 0.338 e. The zero-order valence-electron chi connectivity index (χ0n) is 18.1. The van der Waals surface area contributed by atoms with Crippen molar-refractivity contribution in [3.63, 3.8) is 0 Å². The molecule has 2 aromatic rings. The van der Waals surface area contributed by atoms with E-state index in [1.165, 1.54) is 6.07 Å². The molecule has 7 heteroatoms. The van der Waals surface area contributed by atoms with E-state index < -0.39 is 0 Å². The highest BCUT2D eigenvalue weighted by atomic mass is 35.5. The minimum atomic E-state index is -0.312. The molecule has 31 heavy (non-hydrogen) atoms. The van der Waals surface area contributed by atoms with Crippen LogP contribution >= 0.6 is 11.6 Å². The summed E-state index contributed by atoms with van der Waals surface area (Å²) in [6.07, 6.45) is 1.48. The van der Waals surface area contributed by atoms with Gasteiger partial charge in [-0.3, -0.25) is 9.59 Å². The summed E-state index contributed by atoms with van der Waals surface area (Å²) in [7, 11) is 3.89. The topological polar surface area (TPSA) is 43.9 Å². The van der Waals surface area contributed by atoms with Crippen LogP contribution in [0.5, 0.6) is 0 Å². The first-order chi connectivity index (χ1) is 14.8. The molecule has 0 spiro atoms. The van der Waals surface area contributed by atoms with E-state index in [4.69, 9.17) is 11.6 Å². The van der Waals surface area contributed by atoms with E-state index in [-0.39, 0.29) is 30.1 Å². The molecule has 1 saturated heterocycles. The Balaban J connectivity index is 1.72. The maximum absolute atomic E-state index is 14.2. The molecule has 1 atom stereocenters. The minimum absolute atomic E-state index is 0.0290. The average molecular weight is 446 g/mol. The molecular formula is C24H29ClFN3O2. The predicted molar refractivity (Wildman–Crippen MR) is 120 cm³/mol. The van der Waals surface area contributed by atoms with Crippen molar-refractivity contribution < 1.29 is 14.0 Å². The maximum atomic E-state index is 14.2. The number of nitrogens with zero attached hydrogens (tertiary/aromatic N) is 3. The van der Waals surface area contributed by atoms with E-state index in [9.17, 15) is 14.0 Å². The molecule has 2 amide bonds. The molecular weight excluding hydrogens is 417 g/mol. The second-order valence-electron chi connectivity index (χ2n) is 8.25. The van der Waals surface area contributed by atoms with Gasteiger partial charge in [-0.15, -0.1) is 0 Å². The van der Waals surface area contributed by atoms with Crippen LogP contribution in [0.2, 0.25) is 5.02 Å². The van der Waals surface area contributed by atoms with Gasteiger partial charge in [-0.1, -0.05) is 29.8 Å². The lowest BCUT2D eigenvalue weighted by Gasteiger charge is -2.35. The quantitative estimate of drug-likeness (QED) is 0.648. The maximum Gasteiger partial charge on any atom is 0.253 e. The molecule has 2 aromatic carbocycles. The molecule has 1 heterocycles. The van der Waals surface area contributed by atoms with Crippen molar-refractivity contribution in [1.82, 2.24) is 14.7 Å². The third-order valence-electron chi connectivity index (χ3n) is 5.60. The van der Waals surface area contributed by atoms with Crippen LogP contribution < -0.4 is 0 Å². The molecule has 5 nitrogen and oxygen atoms in total. The Hall–Kier alpha value is -2.44. The zero-order chi connectivity index (χ0) is 22.4. The molecule has 0 aromatic heterocycles. The highest BCUT2D eigenvalue weighted by molar-refractivity contribution is 6.30. The van der Waals surface area contributed by atoms with Gasteiger partial charge in [0.25, 0.3) is 5.91 Å². The van der Waals surface area contributed by atoms with Gasteiger partial charge in [0, 0.05) is 48.9 Å². The van der Waals surface area contributed by atoms with Crippen molar-refractivity contribution in [2.45, 2.75) is 19.4 Å². The number of likely N-dealkylation sites (N-methyl/N-ethyl adjacent to an activating group) is 1. The molecule has 0 aliphatic carbocycles. The van der Waals surface area contributed by atoms with Gasteiger partial charge in [0.2, 0.25) is 5.91 Å². The summed E-state index contributed by atoms with van der Waals surface area (Å²) in [6, 6.07) is 13.3. The third kappa shape index (κ3) is 6.28. The van der Waals surface area contributed by atoms with Crippen LogP contribution in [0.3, 0.4) is 0 Å². The van der Waals surface area contributed by atoms with Crippen LogP contribution in [-0.2, 0) is 11.3 Å². The van der Waals surface area contributed by atoms with Crippen LogP contribution in [0.25, 0.3) is 0 Å². The normalized spacial score (nSPS) is 16.4. The number of halogens is 2. The summed E-state index contributed by atoms with van der Waals surface area (Å²) >= 11 is 5.93. The number of hydrogen-bond donors (Lipinski definition) is 0. The Labute approximate surface area is 188 Å². The van der Waals surface area contributed by atoms with Crippen molar-refractivity contribution in [2.24, 2.45) is 5.92 Å². The van der Waals surface area contributed by atoms with E-state index in [1.54, 1.807) is 52.3 Å². The van der Waals surface area contributed by atoms with Gasteiger partial charge in [0.05, 0.1) is 5.92 Å². The van der Waals surface area contributed by atoms with Crippen LogP contribution in [0, 0.1) is 11.7 Å². The predicted octanol–water partition coefficient (Wildman–Crippen LogP) is 3.92. The SMILES string of the molecule is CN(C)CCN(Cc1ccccc1F)C(=O)C1CCCN(C(=O)c2ccc(Cl)cc2)C1. The van der Waals surface area contributed by atoms with Crippen molar-refractivity contribution >= 4 is 23.4 Å². The van der Waals surface area contributed by atoms with Gasteiger partial charge >= 0.3 is 0 Å². The summed E-state index contributed by atoms with van der Waals surface area (Å²) in [6.45, 7) is 2.40. The second kappa shape index (κ2) is 10.7. The molecule has 3 rings (SSSR count). The molecule has 0 radical (unpaired) electrons. The monoisotopic (exact) mass is 445 g/mol. The minimum Gasteiger partial charge on any atom is -0.338 e. The van der Waals surface area contributed by atoms with Gasteiger partial charge in [-0.2, -0.15) is 0 Å². The number of rotatable bonds is 7. The molecule has 166 valence electrons. The Morgan fingerprint density at radius 3 is 2.48 bits per heavy atom. The lowest BCUT2D eigenvalue weighted by molar-refractivity contribution is -0.137. The Morgan fingerprint density at radius 1 is 1.10 bits per heavy atom. The first-order valence-corrected chi connectivity index (χ1v) is 10.9. The summed E-state index contributed by atoms with van der Waals surface area (Å²) in [5.74, 6) is -0.728. The Kier molecular flexibility index (Phi) is 8.04. The van der Waals surface area contributed by atoms with Crippen molar-refractivity contribution in [1.29, 1.82) is 0 Å². The second-order valence-corrected chi connectivity index (χ2v) is 8.69. The van der Waals surface area contributed by atoms with Gasteiger partial charge in [0.1, 0.15) is 5.82 Å². The number of amides is 2. The summed E-state index contributed by atoms with van der Waals surface area (Å²) < 4.78 is 14.2. The first kappa shape index (κ1) is 23.2. The summed E-state index contributed by atoms with van der Waals surface area (Å²) in [5.41, 5.74) is 1.06. The van der Waals surface area contributed by atoms with E-state index in [0.717, 1.165) is 12.8 Å². The fraction of sp³-hybridized carbons (Fsp3) is 0.417. The lowest BCUT2D eigenvalue weighted by Crippen LogP contribution is -2.47. The number of piperidine rings is 1. The first-order valence-electron chi connectivity index (χ1n) is 10.6. The fourth-order valence-electron chi connectivity index (χ4n) is 3.82. The van der Waals surface area contributed by atoms with Gasteiger partial charge in [-0.25, -0.2) is 4.39 Å². The van der Waals surface area contributed by atoms with Gasteiger partial charge in [-0.05, 0) is 57.3 Å². The van der Waals surface area contributed by atoms with E-state index in [0.29, 0.717) is 42.3 Å². The van der Waals surface area contributed by atoms with E-state index >= 15 is 0 Å². The molecule has 1 aliphatic rings. The average Bonchev–Trinajstić information content (AvgIpc) is 2.77. The number of carbonyl (C=O) groups is 2.